The van der Waals surface area contributed by atoms with Gasteiger partial charge < -0.3 is 4.90 Å². The molecule has 18 heavy (non-hydrogen) atoms. The molecule has 2 heterocycles. The van der Waals surface area contributed by atoms with E-state index in [-0.39, 0.29) is 18.9 Å². The maximum absolute atomic E-state index is 11.6. The summed E-state index contributed by atoms with van der Waals surface area (Å²) in [5, 5.41) is -0.794. The zero-order valence-corrected chi connectivity index (χ0v) is 11.1. The molecule has 1 aromatic heterocycles. The normalized spacial score (nSPS) is 20.4. The number of nitrogens with zero attached hydrogens (tertiary/aromatic N) is 3. The summed E-state index contributed by atoms with van der Waals surface area (Å²) in [6.45, 7) is 0.606. The molecule has 2 rings (SSSR count). The Bertz CT molecular complexity index is 535. The van der Waals surface area contributed by atoms with E-state index in [1.807, 2.05) is 0 Å². The summed E-state index contributed by atoms with van der Waals surface area (Å²) in [5.41, 5.74) is 0.815. The van der Waals surface area contributed by atoms with E-state index in [9.17, 15) is 13.2 Å². The van der Waals surface area contributed by atoms with Crippen molar-refractivity contribution in [2.45, 2.75) is 18.1 Å². The summed E-state index contributed by atoms with van der Waals surface area (Å²) in [5.74, 6) is -0.182. The molecule has 1 aliphatic heterocycles. The van der Waals surface area contributed by atoms with Gasteiger partial charge >= 0.3 is 0 Å². The second-order valence-corrected chi connectivity index (χ2v) is 7.00. The monoisotopic (exact) mass is 289 g/mol. The fourth-order valence-electron chi connectivity index (χ4n) is 1.86. The lowest BCUT2D eigenvalue weighted by atomic mass is 10.3. The number of rotatable bonds is 4. The zero-order valence-electron chi connectivity index (χ0n) is 9.49. The third-order valence-corrected chi connectivity index (χ3v) is 4.73. The van der Waals surface area contributed by atoms with Gasteiger partial charge in [0.05, 0.1) is 0 Å². The van der Waals surface area contributed by atoms with Gasteiger partial charge in [-0.2, -0.15) is 0 Å². The van der Waals surface area contributed by atoms with Crippen LogP contribution in [0, 0.1) is 0 Å². The van der Waals surface area contributed by atoms with Crippen molar-refractivity contribution in [2.75, 3.05) is 13.1 Å². The fourth-order valence-corrected chi connectivity index (χ4v) is 2.91. The van der Waals surface area contributed by atoms with Gasteiger partial charge in [0.1, 0.15) is 11.6 Å². The molecule has 1 fully saturated rings. The smallest absolute Gasteiger partial charge is 0.237 e. The Balaban J connectivity index is 1.94. The summed E-state index contributed by atoms with van der Waals surface area (Å²) in [4.78, 5) is 21.0. The van der Waals surface area contributed by atoms with Crippen molar-refractivity contribution < 1.29 is 13.2 Å². The van der Waals surface area contributed by atoms with Gasteiger partial charge in [0, 0.05) is 48.5 Å². The van der Waals surface area contributed by atoms with Crippen molar-refractivity contribution >= 4 is 25.6 Å². The third kappa shape index (κ3) is 3.17. The van der Waals surface area contributed by atoms with Crippen molar-refractivity contribution in [2.24, 2.45) is 0 Å². The van der Waals surface area contributed by atoms with E-state index in [4.69, 9.17) is 10.7 Å². The van der Waals surface area contributed by atoms with Crippen LogP contribution in [0.15, 0.2) is 18.6 Å². The summed E-state index contributed by atoms with van der Waals surface area (Å²) in [6.07, 6.45) is 3.60. The number of amides is 1. The molecule has 0 N–H and O–H groups in total. The average Bonchev–Trinajstić information content (AvgIpc) is 2.69. The van der Waals surface area contributed by atoms with E-state index >= 15 is 0 Å². The molecule has 1 unspecified atom stereocenters. The third-order valence-electron chi connectivity index (χ3n) is 2.86. The van der Waals surface area contributed by atoms with Crippen LogP contribution in [0.5, 0.6) is 0 Å². The highest BCUT2D eigenvalue weighted by molar-refractivity contribution is 8.14. The number of aromatic nitrogens is 2. The van der Waals surface area contributed by atoms with Crippen molar-refractivity contribution in [1.82, 2.24) is 14.9 Å². The highest BCUT2D eigenvalue weighted by Gasteiger charge is 2.36. The van der Waals surface area contributed by atoms with E-state index < -0.39 is 14.3 Å². The standard InChI is InChI=1S/C10H12ClN3O3S/c11-18(16,17)9-5-10(15)14(6-9)4-2-8-1-3-12-7-13-8/h1,3,7,9H,2,4-6H2. The first kappa shape index (κ1) is 13.2. The Hall–Kier alpha value is -1.21. The number of hydrogen-bond acceptors (Lipinski definition) is 5. The summed E-state index contributed by atoms with van der Waals surface area (Å²) < 4.78 is 22.3. The number of halogens is 1. The van der Waals surface area contributed by atoms with Crippen LogP contribution in [0.2, 0.25) is 0 Å². The highest BCUT2D eigenvalue weighted by Crippen LogP contribution is 2.21. The molecule has 1 aromatic rings. The summed E-state index contributed by atoms with van der Waals surface area (Å²) >= 11 is 0. The van der Waals surface area contributed by atoms with Gasteiger partial charge in [-0.05, 0) is 6.07 Å². The minimum absolute atomic E-state index is 0.0321. The first-order valence-electron chi connectivity index (χ1n) is 5.43. The van der Waals surface area contributed by atoms with Crippen LogP contribution < -0.4 is 0 Å². The van der Waals surface area contributed by atoms with Crippen LogP contribution in [0.4, 0.5) is 0 Å². The maximum atomic E-state index is 11.6. The number of hydrogen-bond donors (Lipinski definition) is 0. The molecule has 98 valence electrons. The van der Waals surface area contributed by atoms with Gasteiger partial charge in [-0.3, -0.25) is 4.79 Å². The van der Waals surface area contributed by atoms with Crippen LogP contribution in [-0.2, 0) is 20.3 Å². The molecule has 0 aliphatic carbocycles. The molecule has 1 atom stereocenters. The van der Waals surface area contributed by atoms with E-state index in [0.29, 0.717) is 13.0 Å². The minimum Gasteiger partial charge on any atom is -0.341 e. The molecule has 1 amide bonds. The van der Waals surface area contributed by atoms with Crippen LogP contribution in [0.25, 0.3) is 0 Å². The SMILES string of the molecule is O=C1CC(S(=O)(=O)Cl)CN1CCc1ccncn1. The van der Waals surface area contributed by atoms with Crippen molar-refractivity contribution in [3.05, 3.63) is 24.3 Å². The predicted molar refractivity (Wildman–Crippen MR) is 65.5 cm³/mol. The highest BCUT2D eigenvalue weighted by atomic mass is 35.7. The van der Waals surface area contributed by atoms with Gasteiger partial charge in [-0.1, -0.05) is 0 Å². The van der Waals surface area contributed by atoms with Gasteiger partial charge in [-0.15, -0.1) is 0 Å². The first-order chi connectivity index (χ1) is 8.47. The van der Waals surface area contributed by atoms with E-state index in [0.717, 1.165) is 5.69 Å². The van der Waals surface area contributed by atoms with E-state index in [2.05, 4.69) is 9.97 Å². The quantitative estimate of drug-likeness (QED) is 0.739. The van der Waals surface area contributed by atoms with Crippen molar-refractivity contribution in [3.63, 3.8) is 0 Å². The summed E-state index contributed by atoms with van der Waals surface area (Å²) in [7, 11) is 1.59. The van der Waals surface area contributed by atoms with Gasteiger partial charge in [0.2, 0.25) is 15.0 Å². The maximum Gasteiger partial charge on any atom is 0.237 e. The van der Waals surface area contributed by atoms with Gasteiger partial charge in [0.25, 0.3) is 0 Å². The molecule has 0 spiro atoms. The lowest BCUT2D eigenvalue weighted by molar-refractivity contribution is -0.127. The Morgan fingerprint density at radius 2 is 2.28 bits per heavy atom. The molecule has 0 saturated carbocycles. The fraction of sp³-hybridized carbons (Fsp3) is 0.500. The molecule has 0 radical (unpaired) electrons. The second kappa shape index (κ2) is 5.19. The van der Waals surface area contributed by atoms with Crippen molar-refractivity contribution in [1.29, 1.82) is 0 Å². The second-order valence-electron chi connectivity index (χ2n) is 4.09. The molecule has 0 bridgehead atoms. The molecule has 6 nitrogen and oxygen atoms in total. The van der Waals surface area contributed by atoms with Crippen LogP contribution in [0.3, 0.4) is 0 Å². The van der Waals surface area contributed by atoms with Crippen LogP contribution in [-0.4, -0.2) is 47.5 Å². The van der Waals surface area contributed by atoms with Gasteiger partial charge in [0.15, 0.2) is 0 Å². The van der Waals surface area contributed by atoms with E-state index in [1.54, 1.807) is 12.3 Å². The number of likely N-dealkylation sites (tertiary alicyclic amines) is 1. The van der Waals surface area contributed by atoms with E-state index in [1.165, 1.54) is 11.2 Å². The zero-order chi connectivity index (χ0) is 13.2. The van der Waals surface area contributed by atoms with Crippen LogP contribution in [0.1, 0.15) is 12.1 Å². The molecule has 8 heteroatoms. The Morgan fingerprint density at radius 1 is 1.50 bits per heavy atom. The molecule has 0 aromatic carbocycles. The number of carbonyl (C=O) groups excluding carboxylic acids is 1. The molecular formula is C10H12ClN3O3S. The van der Waals surface area contributed by atoms with Crippen LogP contribution >= 0.6 is 10.7 Å². The molecule has 1 aliphatic rings. The summed E-state index contributed by atoms with van der Waals surface area (Å²) in [6, 6.07) is 1.76. The largest absolute Gasteiger partial charge is 0.341 e. The topological polar surface area (TPSA) is 80.2 Å². The Kier molecular flexibility index (Phi) is 3.82. The Labute approximate surface area is 109 Å². The number of carbonyl (C=O) groups is 1. The van der Waals surface area contributed by atoms with Crippen molar-refractivity contribution in [3.8, 4) is 0 Å². The lowest BCUT2D eigenvalue weighted by Gasteiger charge is -2.15. The lowest BCUT2D eigenvalue weighted by Crippen LogP contribution is -2.29. The minimum atomic E-state index is -3.67. The predicted octanol–water partition coefficient (Wildman–Crippen LogP) is 0.189. The molecule has 1 saturated heterocycles. The van der Waals surface area contributed by atoms with Gasteiger partial charge in [-0.25, -0.2) is 18.4 Å². The first-order valence-corrected chi connectivity index (χ1v) is 7.80. The average molecular weight is 290 g/mol. The molecular weight excluding hydrogens is 278 g/mol. The Morgan fingerprint density at radius 3 is 2.83 bits per heavy atom.